The molecule has 1 atom stereocenters. The average molecular weight is 274 g/mol. The van der Waals surface area contributed by atoms with Crippen LogP contribution in [0, 0.1) is 0 Å². The SMILES string of the molecule is CCNC(CC)Cc1nc(-c2ncccc2CC)no1. The molecule has 0 saturated heterocycles. The van der Waals surface area contributed by atoms with E-state index in [1.165, 1.54) is 0 Å². The van der Waals surface area contributed by atoms with E-state index < -0.39 is 0 Å². The molecule has 0 fully saturated rings. The molecule has 2 aromatic rings. The number of nitrogens with one attached hydrogen (secondary N) is 1. The first-order valence-corrected chi connectivity index (χ1v) is 7.28. The van der Waals surface area contributed by atoms with E-state index in [-0.39, 0.29) is 0 Å². The maximum atomic E-state index is 5.36. The van der Waals surface area contributed by atoms with Gasteiger partial charge >= 0.3 is 0 Å². The maximum Gasteiger partial charge on any atom is 0.228 e. The number of aryl methyl sites for hydroxylation is 1. The summed E-state index contributed by atoms with van der Waals surface area (Å²) in [5.74, 6) is 1.25. The molecule has 5 heteroatoms. The van der Waals surface area contributed by atoms with Gasteiger partial charge in [0, 0.05) is 18.7 Å². The zero-order valence-electron chi connectivity index (χ0n) is 12.4. The van der Waals surface area contributed by atoms with Gasteiger partial charge in [0.2, 0.25) is 11.7 Å². The molecule has 0 amide bonds. The first kappa shape index (κ1) is 14.7. The van der Waals surface area contributed by atoms with Crippen LogP contribution in [0.5, 0.6) is 0 Å². The van der Waals surface area contributed by atoms with Crippen LogP contribution in [-0.4, -0.2) is 27.7 Å². The van der Waals surface area contributed by atoms with Crippen molar-refractivity contribution in [3.8, 4) is 11.5 Å². The molecule has 20 heavy (non-hydrogen) atoms. The van der Waals surface area contributed by atoms with E-state index in [2.05, 4.69) is 41.2 Å². The smallest absolute Gasteiger partial charge is 0.228 e. The van der Waals surface area contributed by atoms with Gasteiger partial charge in [0.25, 0.3) is 0 Å². The number of pyridine rings is 1. The summed E-state index contributed by atoms with van der Waals surface area (Å²) in [7, 11) is 0. The first-order valence-electron chi connectivity index (χ1n) is 7.28. The fourth-order valence-electron chi connectivity index (χ4n) is 2.22. The Morgan fingerprint density at radius 1 is 1.30 bits per heavy atom. The Hall–Kier alpha value is -1.75. The van der Waals surface area contributed by atoms with E-state index in [1.54, 1.807) is 6.20 Å². The van der Waals surface area contributed by atoms with Gasteiger partial charge in [-0.2, -0.15) is 4.98 Å². The number of rotatable bonds is 7. The Bertz CT molecular complexity index is 538. The van der Waals surface area contributed by atoms with Gasteiger partial charge < -0.3 is 9.84 Å². The summed E-state index contributed by atoms with van der Waals surface area (Å²) >= 11 is 0. The van der Waals surface area contributed by atoms with Crippen molar-refractivity contribution in [2.45, 2.75) is 46.1 Å². The standard InChI is InChI=1S/C15H22N4O/c1-4-11-8-7-9-17-14(11)15-18-13(20-19-15)10-12(5-2)16-6-3/h7-9,12,16H,4-6,10H2,1-3H3. The van der Waals surface area contributed by atoms with E-state index in [0.717, 1.165) is 37.1 Å². The van der Waals surface area contributed by atoms with Gasteiger partial charge in [-0.05, 0) is 31.0 Å². The lowest BCUT2D eigenvalue weighted by atomic mass is 10.1. The van der Waals surface area contributed by atoms with Gasteiger partial charge in [-0.3, -0.25) is 4.98 Å². The molecule has 2 rings (SSSR count). The van der Waals surface area contributed by atoms with Gasteiger partial charge in [0.1, 0.15) is 5.69 Å². The molecule has 1 N–H and O–H groups in total. The molecular weight excluding hydrogens is 252 g/mol. The number of aromatic nitrogens is 3. The van der Waals surface area contributed by atoms with Crippen LogP contribution in [0.2, 0.25) is 0 Å². The molecule has 0 spiro atoms. The average Bonchev–Trinajstić information content (AvgIpc) is 2.95. The van der Waals surface area contributed by atoms with E-state index in [4.69, 9.17) is 4.52 Å². The van der Waals surface area contributed by atoms with E-state index in [9.17, 15) is 0 Å². The first-order chi connectivity index (χ1) is 9.78. The number of nitrogens with zero attached hydrogens (tertiary/aromatic N) is 3. The van der Waals surface area contributed by atoms with Crippen molar-refractivity contribution in [3.05, 3.63) is 29.8 Å². The fraction of sp³-hybridized carbons (Fsp3) is 0.533. The van der Waals surface area contributed by atoms with E-state index >= 15 is 0 Å². The van der Waals surface area contributed by atoms with Gasteiger partial charge in [-0.1, -0.05) is 32.0 Å². The molecule has 0 aliphatic heterocycles. The van der Waals surface area contributed by atoms with Gasteiger partial charge in [0.15, 0.2) is 0 Å². The zero-order valence-corrected chi connectivity index (χ0v) is 12.4. The quantitative estimate of drug-likeness (QED) is 0.841. The minimum Gasteiger partial charge on any atom is -0.339 e. The van der Waals surface area contributed by atoms with Gasteiger partial charge in [-0.25, -0.2) is 0 Å². The van der Waals surface area contributed by atoms with Crippen LogP contribution in [-0.2, 0) is 12.8 Å². The normalized spacial score (nSPS) is 12.6. The molecule has 0 aliphatic rings. The van der Waals surface area contributed by atoms with Crippen molar-refractivity contribution in [2.75, 3.05) is 6.54 Å². The van der Waals surface area contributed by atoms with Gasteiger partial charge in [-0.15, -0.1) is 0 Å². The highest BCUT2D eigenvalue weighted by atomic mass is 16.5. The summed E-state index contributed by atoms with van der Waals surface area (Å²) in [6, 6.07) is 4.36. The summed E-state index contributed by atoms with van der Waals surface area (Å²) in [5, 5.41) is 7.48. The third kappa shape index (κ3) is 3.42. The highest BCUT2D eigenvalue weighted by molar-refractivity contribution is 5.53. The molecule has 0 bridgehead atoms. The van der Waals surface area contributed by atoms with E-state index in [1.807, 2.05) is 12.1 Å². The van der Waals surface area contributed by atoms with Crippen LogP contribution in [0.25, 0.3) is 11.5 Å². The second-order valence-corrected chi connectivity index (χ2v) is 4.74. The summed E-state index contributed by atoms with van der Waals surface area (Å²) < 4.78 is 5.36. The Kier molecular flexibility index (Phi) is 5.24. The molecule has 0 radical (unpaired) electrons. The van der Waals surface area contributed by atoms with Gasteiger partial charge in [0.05, 0.1) is 0 Å². The summed E-state index contributed by atoms with van der Waals surface area (Å²) in [6.45, 7) is 7.29. The second kappa shape index (κ2) is 7.14. The van der Waals surface area contributed by atoms with E-state index in [0.29, 0.717) is 17.8 Å². The highest BCUT2D eigenvalue weighted by Gasteiger charge is 2.15. The molecule has 0 aromatic carbocycles. The Morgan fingerprint density at radius 2 is 2.15 bits per heavy atom. The third-order valence-corrected chi connectivity index (χ3v) is 3.36. The van der Waals surface area contributed by atoms with Crippen LogP contribution >= 0.6 is 0 Å². The summed E-state index contributed by atoms with van der Waals surface area (Å²) in [4.78, 5) is 8.85. The Labute approximate surface area is 119 Å². The van der Waals surface area contributed by atoms with Crippen molar-refractivity contribution >= 4 is 0 Å². The van der Waals surface area contributed by atoms with Crippen LogP contribution < -0.4 is 5.32 Å². The van der Waals surface area contributed by atoms with Crippen LogP contribution in [0.15, 0.2) is 22.9 Å². The second-order valence-electron chi connectivity index (χ2n) is 4.74. The Morgan fingerprint density at radius 3 is 2.85 bits per heavy atom. The molecule has 108 valence electrons. The molecule has 0 saturated carbocycles. The minimum atomic E-state index is 0.377. The van der Waals surface area contributed by atoms with Crippen molar-refractivity contribution in [3.63, 3.8) is 0 Å². The maximum absolute atomic E-state index is 5.36. The van der Waals surface area contributed by atoms with Crippen molar-refractivity contribution in [1.82, 2.24) is 20.4 Å². The molecule has 5 nitrogen and oxygen atoms in total. The van der Waals surface area contributed by atoms with Crippen LogP contribution in [0.3, 0.4) is 0 Å². The van der Waals surface area contributed by atoms with Crippen molar-refractivity contribution < 1.29 is 4.52 Å². The van der Waals surface area contributed by atoms with Crippen molar-refractivity contribution in [1.29, 1.82) is 0 Å². The lowest BCUT2D eigenvalue weighted by Gasteiger charge is -2.12. The number of hydrogen-bond donors (Lipinski definition) is 1. The third-order valence-electron chi connectivity index (χ3n) is 3.36. The molecular formula is C15H22N4O. The largest absolute Gasteiger partial charge is 0.339 e. The van der Waals surface area contributed by atoms with Crippen LogP contribution in [0.4, 0.5) is 0 Å². The lowest BCUT2D eigenvalue weighted by Crippen LogP contribution is -2.30. The highest BCUT2D eigenvalue weighted by Crippen LogP contribution is 2.19. The monoisotopic (exact) mass is 274 g/mol. The predicted octanol–water partition coefficient (Wildman–Crippen LogP) is 2.62. The lowest BCUT2D eigenvalue weighted by molar-refractivity contribution is 0.355. The predicted molar refractivity (Wildman–Crippen MR) is 78.4 cm³/mol. The summed E-state index contributed by atoms with van der Waals surface area (Å²) in [5.41, 5.74) is 1.96. The summed E-state index contributed by atoms with van der Waals surface area (Å²) in [6.07, 6.45) is 4.46. The molecule has 2 heterocycles. The van der Waals surface area contributed by atoms with Crippen LogP contribution in [0.1, 0.15) is 38.6 Å². The molecule has 1 unspecified atom stereocenters. The van der Waals surface area contributed by atoms with Crippen molar-refractivity contribution in [2.24, 2.45) is 0 Å². The fourth-order valence-corrected chi connectivity index (χ4v) is 2.22. The zero-order chi connectivity index (χ0) is 14.4. The topological polar surface area (TPSA) is 63.8 Å². The molecule has 0 aliphatic carbocycles. The Balaban J connectivity index is 2.16. The number of hydrogen-bond acceptors (Lipinski definition) is 5. The molecule has 2 aromatic heterocycles. The number of likely N-dealkylation sites (N-methyl/N-ethyl adjacent to an activating group) is 1. The minimum absolute atomic E-state index is 0.377.